The molecule has 1 fully saturated rings. The molecular formula is C14H19ClN2OS. The zero-order valence-electron chi connectivity index (χ0n) is 10.8. The molecule has 0 spiro atoms. The maximum Gasteiger partial charge on any atom is 0.237 e. The van der Waals surface area contributed by atoms with E-state index in [-0.39, 0.29) is 11.9 Å². The second-order valence-electron chi connectivity index (χ2n) is 4.77. The van der Waals surface area contributed by atoms with E-state index >= 15 is 0 Å². The Labute approximate surface area is 124 Å². The Morgan fingerprint density at radius 3 is 2.84 bits per heavy atom. The van der Waals surface area contributed by atoms with Crippen LogP contribution in [0.2, 0.25) is 5.02 Å². The van der Waals surface area contributed by atoms with Crippen molar-refractivity contribution in [3.05, 3.63) is 34.9 Å². The zero-order valence-corrected chi connectivity index (χ0v) is 12.5. The Balaban J connectivity index is 1.95. The topological polar surface area (TPSA) is 32.3 Å². The van der Waals surface area contributed by atoms with E-state index in [1.54, 1.807) is 0 Å². The summed E-state index contributed by atoms with van der Waals surface area (Å²) in [4.78, 5) is 14.3. The van der Waals surface area contributed by atoms with Crippen LogP contribution in [0.15, 0.2) is 24.3 Å². The average molecular weight is 299 g/mol. The molecule has 1 aromatic carbocycles. The molecule has 1 N–H and O–H groups in total. The van der Waals surface area contributed by atoms with Gasteiger partial charge in [-0.05, 0) is 37.1 Å². The maximum atomic E-state index is 12.1. The summed E-state index contributed by atoms with van der Waals surface area (Å²) in [6.07, 6.45) is 2.01. The molecule has 1 aliphatic rings. The van der Waals surface area contributed by atoms with Crippen LogP contribution in [0, 0.1) is 0 Å². The van der Waals surface area contributed by atoms with Gasteiger partial charge in [-0.2, -0.15) is 12.6 Å². The summed E-state index contributed by atoms with van der Waals surface area (Å²) in [5.41, 5.74) is 1.19. The van der Waals surface area contributed by atoms with Crippen LogP contribution in [0.4, 0.5) is 0 Å². The minimum Gasteiger partial charge on any atom is -0.354 e. The largest absolute Gasteiger partial charge is 0.354 e. The lowest BCUT2D eigenvalue weighted by atomic mass is 10.1. The van der Waals surface area contributed by atoms with Crippen molar-refractivity contribution in [2.75, 3.05) is 18.8 Å². The van der Waals surface area contributed by atoms with E-state index in [2.05, 4.69) is 22.8 Å². The summed E-state index contributed by atoms with van der Waals surface area (Å²) in [6, 6.07) is 7.81. The van der Waals surface area contributed by atoms with E-state index in [9.17, 15) is 4.79 Å². The Hall–Kier alpha value is -0.710. The van der Waals surface area contributed by atoms with Gasteiger partial charge in [0.1, 0.15) is 0 Å². The van der Waals surface area contributed by atoms with E-state index in [0.29, 0.717) is 12.3 Å². The number of hydrogen-bond donors (Lipinski definition) is 2. The number of hydrogen-bond acceptors (Lipinski definition) is 3. The highest BCUT2D eigenvalue weighted by Crippen LogP contribution is 2.21. The first-order valence-electron chi connectivity index (χ1n) is 6.58. The third-order valence-electron chi connectivity index (χ3n) is 3.38. The first kappa shape index (κ1) is 14.7. The lowest BCUT2D eigenvalue weighted by Crippen LogP contribution is -2.43. The van der Waals surface area contributed by atoms with Crippen LogP contribution in [0.1, 0.15) is 18.4 Å². The first-order valence-corrected chi connectivity index (χ1v) is 7.59. The molecule has 104 valence electrons. The highest BCUT2D eigenvalue weighted by atomic mass is 35.5. The summed E-state index contributed by atoms with van der Waals surface area (Å²) in [6.45, 7) is 2.41. The molecule has 5 heteroatoms. The minimum absolute atomic E-state index is 0.00411. The van der Waals surface area contributed by atoms with Crippen LogP contribution in [-0.2, 0) is 11.3 Å². The number of amides is 1. The zero-order chi connectivity index (χ0) is 13.7. The molecule has 0 radical (unpaired) electrons. The molecule has 3 nitrogen and oxygen atoms in total. The van der Waals surface area contributed by atoms with Crippen molar-refractivity contribution >= 4 is 30.1 Å². The van der Waals surface area contributed by atoms with Crippen LogP contribution in [-0.4, -0.2) is 35.7 Å². The molecule has 1 atom stereocenters. The second kappa shape index (κ2) is 7.17. The van der Waals surface area contributed by atoms with Gasteiger partial charge in [0.15, 0.2) is 0 Å². The standard InChI is InChI=1S/C14H19ClN2OS/c15-12-5-3-11(4-6-12)10-17-8-1-2-13(17)14(18)16-7-9-19/h3-6,13,19H,1-2,7-10H2,(H,16,18). The fraction of sp³-hybridized carbons (Fsp3) is 0.500. The monoisotopic (exact) mass is 298 g/mol. The quantitative estimate of drug-likeness (QED) is 0.818. The molecule has 0 bridgehead atoms. The third kappa shape index (κ3) is 4.13. The number of benzene rings is 1. The Morgan fingerprint density at radius 1 is 1.42 bits per heavy atom. The van der Waals surface area contributed by atoms with Gasteiger partial charge >= 0.3 is 0 Å². The van der Waals surface area contributed by atoms with Crippen LogP contribution in [0.3, 0.4) is 0 Å². The molecule has 1 heterocycles. The van der Waals surface area contributed by atoms with Crippen molar-refractivity contribution in [1.29, 1.82) is 0 Å². The molecule has 1 aromatic rings. The van der Waals surface area contributed by atoms with Crippen molar-refractivity contribution in [3.8, 4) is 0 Å². The predicted molar refractivity (Wildman–Crippen MR) is 81.7 cm³/mol. The minimum atomic E-state index is -0.00411. The molecular weight excluding hydrogens is 280 g/mol. The van der Waals surface area contributed by atoms with Crippen LogP contribution >= 0.6 is 24.2 Å². The van der Waals surface area contributed by atoms with Gasteiger partial charge in [0.25, 0.3) is 0 Å². The summed E-state index contributed by atoms with van der Waals surface area (Å²) in [7, 11) is 0. The van der Waals surface area contributed by atoms with Gasteiger partial charge in [-0.25, -0.2) is 0 Å². The number of carbonyl (C=O) groups excluding carboxylic acids is 1. The molecule has 0 aromatic heterocycles. The normalized spacial score (nSPS) is 19.6. The highest BCUT2D eigenvalue weighted by molar-refractivity contribution is 7.80. The molecule has 1 unspecified atom stereocenters. The molecule has 1 amide bonds. The number of carbonyl (C=O) groups is 1. The highest BCUT2D eigenvalue weighted by Gasteiger charge is 2.30. The lowest BCUT2D eigenvalue weighted by molar-refractivity contribution is -0.125. The van der Waals surface area contributed by atoms with Gasteiger partial charge in [-0.3, -0.25) is 9.69 Å². The lowest BCUT2D eigenvalue weighted by Gasteiger charge is -2.23. The van der Waals surface area contributed by atoms with Crippen LogP contribution < -0.4 is 5.32 Å². The summed E-state index contributed by atoms with van der Waals surface area (Å²) in [5, 5.41) is 3.66. The van der Waals surface area contributed by atoms with Crippen molar-refractivity contribution < 1.29 is 4.79 Å². The predicted octanol–water partition coefficient (Wildman–Crippen LogP) is 2.35. The fourth-order valence-corrected chi connectivity index (χ4v) is 2.67. The van der Waals surface area contributed by atoms with Crippen molar-refractivity contribution in [1.82, 2.24) is 10.2 Å². The first-order chi connectivity index (χ1) is 9.20. The molecule has 0 aliphatic carbocycles. The maximum absolute atomic E-state index is 12.1. The molecule has 1 saturated heterocycles. The van der Waals surface area contributed by atoms with E-state index in [1.165, 1.54) is 5.56 Å². The number of likely N-dealkylation sites (tertiary alicyclic amines) is 1. The van der Waals surface area contributed by atoms with Gasteiger partial charge in [0.2, 0.25) is 5.91 Å². The molecule has 0 saturated carbocycles. The van der Waals surface area contributed by atoms with Gasteiger partial charge in [-0.15, -0.1) is 0 Å². The van der Waals surface area contributed by atoms with E-state index < -0.39 is 0 Å². The molecule has 2 rings (SSSR count). The summed E-state index contributed by atoms with van der Waals surface area (Å²) < 4.78 is 0. The van der Waals surface area contributed by atoms with Crippen LogP contribution in [0.25, 0.3) is 0 Å². The van der Waals surface area contributed by atoms with Crippen molar-refractivity contribution in [2.24, 2.45) is 0 Å². The third-order valence-corrected chi connectivity index (χ3v) is 3.85. The Bertz CT molecular complexity index is 424. The fourth-order valence-electron chi connectivity index (χ4n) is 2.43. The van der Waals surface area contributed by atoms with Gasteiger partial charge in [-0.1, -0.05) is 23.7 Å². The van der Waals surface area contributed by atoms with Gasteiger partial charge in [0, 0.05) is 23.9 Å². The SMILES string of the molecule is O=C(NCCS)C1CCCN1Cc1ccc(Cl)cc1. The van der Waals surface area contributed by atoms with E-state index in [4.69, 9.17) is 11.6 Å². The van der Waals surface area contributed by atoms with Crippen molar-refractivity contribution in [3.63, 3.8) is 0 Å². The Morgan fingerprint density at radius 2 is 2.16 bits per heavy atom. The number of halogens is 1. The number of rotatable bonds is 5. The number of nitrogens with one attached hydrogen (secondary N) is 1. The van der Waals surface area contributed by atoms with Gasteiger partial charge in [0.05, 0.1) is 6.04 Å². The molecule has 19 heavy (non-hydrogen) atoms. The van der Waals surface area contributed by atoms with E-state index in [1.807, 2.05) is 24.3 Å². The molecule has 1 aliphatic heterocycles. The second-order valence-corrected chi connectivity index (χ2v) is 5.65. The summed E-state index contributed by atoms with van der Waals surface area (Å²) in [5.74, 6) is 0.802. The van der Waals surface area contributed by atoms with Crippen molar-refractivity contribution in [2.45, 2.75) is 25.4 Å². The number of thiol groups is 1. The Kier molecular flexibility index (Phi) is 5.55. The average Bonchev–Trinajstić information content (AvgIpc) is 2.87. The smallest absolute Gasteiger partial charge is 0.237 e. The van der Waals surface area contributed by atoms with E-state index in [0.717, 1.165) is 31.0 Å². The van der Waals surface area contributed by atoms with Gasteiger partial charge < -0.3 is 5.32 Å². The van der Waals surface area contributed by atoms with Crippen LogP contribution in [0.5, 0.6) is 0 Å². The summed E-state index contributed by atoms with van der Waals surface area (Å²) >= 11 is 9.99. The number of nitrogens with zero attached hydrogens (tertiary/aromatic N) is 1.